The van der Waals surface area contributed by atoms with E-state index in [4.69, 9.17) is 4.74 Å². The summed E-state index contributed by atoms with van der Waals surface area (Å²) in [7, 11) is 1.65. The van der Waals surface area contributed by atoms with Gasteiger partial charge in [-0.2, -0.15) is 0 Å². The van der Waals surface area contributed by atoms with Crippen LogP contribution >= 0.6 is 0 Å². The number of likely N-dealkylation sites (N-methyl/N-ethyl adjacent to an activating group) is 1. The van der Waals surface area contributed by atoms with Gasteiger partial charge >= 0.3 is 5.97 Å². The Balaban J connectivity index is 2.31. The van der Waals surface area contributed by atoms with Crippen molar-refractivity contribution in [2.75, 3.05) is 25.5 Å². The van der Waals surface area contributed by atoms with E-state index in [1.165, 1.54) is 4.90 Å². The maximum Gasteiger partial charge on any atom is 0.340 e. The van der Waals surface area contributed by atoms with Crippen LogP contribution in [0.1, 0.15) is 23.7 Å². The number of hydrogen-bond acceptors (Lipinski definition) is 4. The number of ether oxygens (including phenoxy) is 1. The zero-order valence-corrected chi connectivity index (χ0v) is 11.8. The van der Waals surface area contributed by atoms with Crippen molar-refractivity contribution in [3.63, 3.8) is 0 Å². The van der Waals surface area contributed by atoms with Crippen LogP contribution in [-0.4, -0.2) is 43.0 Å². The van der Waals surface area contributed by atoms with Gasteiger partial charge in [-0.3, -0.25) is 4.79 Å². The lowest BCUT2D eigenvalue weighted by Crippen LogP contribution is -2.31. The summed E-state index contributed by atoms with van der Waals surface area (Å²) in [5.74, 6) is -3.16. The number of nitrogens with zero attached hydrogens (tertiary/aromatic N) is 1. The summed E-state index contributed by atoms with van der Waals surface area (Å²) in [6, 6.07) is 1.08. The number of carbonyl (C=O) groups excluding carboxylic acids is 2. The number of amides is 1. The molecule has 1 fully saturated rings. The third kappa shape index (κ3) is 3.12. The lowest BCUT2D eigenvalue weighted by Gasteiger charge is -2.16. The van der Waals surface area contributed by atoms with Crippen LogP contribution in [0, 0.1) is 11.6 Å². The highest BCUT2D eigenvalue weighted by Gasteiger charge is 2.30. The largest absolute Gasteiger partial charge is 0.462 e. The number of carbonyl (C=O) groups is 2. The van der Waals surface area contributed by atoms with Crippen molar-refractivity contribution >= 4 is 17.6 Å². The van der Waals surface area contributed by atoms with Crippen LogP contribution in [0.5, 0.6) is 0 Å². The summed E-state index contributed by atoms with van der Waals surface area (Å²) >= 11 is 0. The summed E-state index contributed by atoms with van der Waals surface area (Å²) in [6.07, 6.45) is 0.524. The second-order valence-electron chi connectivity index (χ2n) is 4.78. The molecule has 0 bridgehead atoms. The molecule has 0 aliphatic carbocycles. The number of hydrogen-bond donors (Lipinski definition) is 1. The van der Waals surface area contributed by atoms with Crippen molar-refractivity contribution in [1.82, 2.24) is 4.90 Å². The quantitative estimate of drug-likeness (QED) is 0.861. The third-order valence-corrected chi connectivity index (χ3v) is 3.31. The van der Waals surface area contributed by atoms with E-state index in [9.17, 15) is 18.4 Å². The molecule has 0 aromatic heterocycles. The van der Waals surface area contributed by atoms with Crippen LogP contribution in [0.4, 0.5) is 14.5 Å². The van der Waals surface area contributed by atoms with Crippen LogP contribution < -0.4 is 5.32 Å². The molecule has 0 saturated carbocycles. The summed E-state index contributed by atoms with van der Waals surface area (Å²) in [5.41, 5.74) is -0.0703. The van der Waals surface area contributed by atoms with Crippen LogP contribution in [0.3, 0.4) is 0 Å². The van der Waals surface area contributed by atoms with Gasteiger partial charge in [-0.15, -0.1) is 0 Å². The Morgan fingerprint density at radius 2 is 2.10 bits per heavy atom. The number of anilines is 1. The van der Waals surface area contributed by atoms with Crippen LogP contribution in [-0.2, 0) is 9.53 Å². The lowest BCUT2D eigenvalue weighted by atomic mass is 10.1. The Labute approximate surface area is 120 Å². The predicted molar refractivity (Wildman–Crippen MR) is 72.0 cm³/mol. The molecule has 1 aromatic rings. The molecular weight excluding hydrogens is 282 g/mol. The van der Waals surface area contributed by atoms with Crippen molar-refractivity contribution in [3.05, 3.63) is 29.3 Å². The summed E-state index contributed by atoms with van der Waals surface area (Å²) in [5, 5.41) is 2.80. The zero-order valence-electron chi connectivity index (χ0n) is 11.8. The fourth-order valence-electron chi connectivity index (χ4n) is 2.19. The molecule has 1 aromatic carbocycles. The molecule has 2 rings (SSSR count). The minimum Gasteiger partial charge on any atom is -0.462 e. The molecule has 5 nitrogen and oxygen atoms in total. The molecule has 7 heteroatoms. The van der Waals surface area contributed by atoms with Gasteiger partial charge in [-0.05, 0) is 19.4 Å². The molecule has 1 saturated heterocycles. The van der Waals surface area contributed by atoms with Crippen LogP contribution in [0.25, 0.3) is 0 Å². The van der Waals surface area contributed by atoms with E-state index < -0.39 is 23.6 Å². The molecule has 1 N–H and O–H groups in total. The average Bonchev–Trinajstić information content (AvgIpc) is 2.75. The Morgan fingerprint density at radius 1 is 1.43 bits per heavy atom. The topological polar surface area (TPSA) is 58.6 Å². The van der Waals surface area contributed by atoms with Gasteiger partial charge in [0.1, 0.15) is 6.04 Å². The van der Waals surface area contributed by atoms with Gasteiger partial charge in [0.2, 0.25) is 5.91 Å². The van der Waals surface area contributed by atoms with E-state index in [1.807, 2.05) is 0 Å². The normalized spacial score (nSPS) is 18.0. The third-order valence-electron chi connectivity index (χ3n) is 3.31. The van der Waals surface area contributed by atoms with Gasteiger partial charge in [0.05, 0.1) is 17.9 Å². The Hall–Kier alpha value is -2.18. The van der Waals surface area contributed by atoms with E-state index in [0.29, 0.717) is 13.0 Å². The molecule has 0 radical (unpaired) electrons. The number of nitrogens with one attached hydrogen (secondary N) is 1. The fourth-order valence-corrected chi connectivity index (χ4v) is 2.19. The lowest BCUT2D eigenvalue weighted by molar-refractivity contribution is -0.127. The maximum absolute atomic E-state index is 13.4. The molecule has 1 amide bonds. The van der Waals surface area contributed by atoms with Crippen molar-refractivity contribution in [2.45, 2.75) is 19.4 Å². The van der Waals surface area contributed by atoms with Gasteiger partial charge < -0.3 is 15.0 Å². The van der Waals surface area contributed by atoms with E-state index in [2.05, 4.69) is 5.32 Å². The second kappa shape index (κ2) is 6.07. The minimum atomic E-state index is -1.14. The number of likely N-dealkylation sites (tertiary alicyclic amines) is 1. The Bertz CT molecular complexity index is 578. The van der Waals surface area contributed by atoms with E-state index in [-0.39, 0.29) is 23.8 Å². The number of esters is 1. The number of benzene rings is 1. The molecule has 1 aliphatic heterocycles. The maximum atomic E-state index is 13.4. The molecule has 114 valence electrons. The summed E-state index contributed by atoms with van der Waals surface area (Å²) in [6.45, 7) is 2.29. The highest BCUT2D eigenvalue weighted by atomic mass is 19.2. The first kappa shape index (κ1) is 15.2. The van der Waals surface area contributed by atoms with Gasteiger partial charge in [-0.25, -0.2) is 13.6 Å². The fraction of sp³-hybridized carbons (Fsp3) is 0.429. The first-order valence-electron chi connectivity index (χ1n) is 6.61. The first-order chi connectivity index (χ1) is 9.93. The molecule has 1 heterocycles. The first-order valence-corrected chi connectivity index (χ1v) is 6.61. The number of halogens is 2. The Morgan fingerprint density at radius 3 is 2.67 bits per heavy atom. The predicted octanol–water partition coefficient (Wildman–Crippen LogP) is 1.78. The molecular formula is C14H16F2N2O3. The molecule has 21 heavy (non-hydrogen) atoms. The van der Waals surface area contributed by atoms with Gasteiger partial charge in [0.25, 0.3) is 0 Å². The minimum absolute atomic E-state index is 0.0565. The molecule has 1 aliphatic rings. The highest BCUT2D eigenvalue weighted by Crippen LogP contribution is 2.24. The second-order valence-corrected chi connectivity index (χ2v) is 4.78. The van der Waals surface area contributed by atoms with E-state index in [0.717, 1.165) is 12.1 Å². The van der Waals surface area contributed by atoms with Crippen molar-refractivity contribution in [2.24, 2.45) is 0 Å². The van der Waals surface area contributed by atoms with Gasteiger partial charge in [0, 0.05) is 19.7 Å². The average molecular weight is 298 g/mol. The SMILES string of the molecule is CCOC(=O)c1cc(F)c(F)cc1N[C@H]1CCN(C)C1=O. The smallest absolute Gasteiger partial charge is 0.340 e. The van der Waals surface area contributed by atoms with Crippen molar-refractivity contribution in [1.29, 1.82) is 0 Å². The van der Waals surface area contributed by atoms with Crippen molar-refractivity contribution < 1.29 is 23.1 Å². The van der Waals surface area contributed by atoms with Gasteiger partial charge in [0.15, 0.2) is 11.6 Å². The number of rotatable bonds is 4. The Kier molecular flexibility index (Phi) is 4.40. The van der Waals surface area contributed by atoms with E-state index in [1.54, 1.807) is 14.0 Å². The molecule has 0 spiro atoms. The zero-order chi connectivity index (χ0) is 15.6. The highest BCUT2D eigenvalue weighted by molar-refractivity contribution is 5.97. The monoisotopic (exact) mass is 298 g/mol. The van der Waals surface area contributed by atoms with Crippen LogP contribution in [0.2, 0.25) is 0 Å². The summed E-state index contributed by atoms with van der Waals surface area (Å²) < 4.78 is 31.5. The van der Waals surface area contributed by atoms with Crippen LogP contribution in [0.15, 0.2) is 12.1 Å². The van der Waals surface area contributed by atoms with E-state index >= 15 is 0 Å². The summed E-state index contributed by atoms with van der Waals surface area (Å²) in [4.78, 5) is 25.2. The standard InChI is InChI=1S/C14H16F2N2O3/c1-3-21-14(20)8-6-9(15)10(16)7-12(8)17-11-4-5-18(2)13(11)19/h6-7,11,17H,3-5H2,1-2H3/t11-/m0/s1. The molecule has 0 unspecified atom stereocenters. The molecule has 1 atom stereocenters. The van der Waals surface area contributed by atoms with Gasteiger partial charge in [-0.1, -0.05) is 0 Å². The van der Waals surface area contributed by atoms with Crippen molar-refractivity contribution in [3.8, 4) is 0 Å².